The molecule has 0 aromatic heterocycles. The fraction of sp³-hybridized carbons (Fsp3) is 0.586. The molecule has 4 bridgehead atoms. The minimum atomic E-state index is -1.08. The molecular formula is C29H39N3O7. The molecule has 0 unspecified atom stereocenters. The zero-order valence-electron chi connectivity index (χ0n) is 23.1. The highest BCUT2D eigenvalue weighted by molar-refractivity contribution is 5.88. The first kappa shape index (κ1) is 28.8. The molecule has 4 rings (SSSR count). The van der Waals surface area contributed by atoms with Crippen LogP contribution >= 0.6 is 0 Å². The molecular weight excluding hydrogens is 502 g/mol. The van der Waals surface area contributed by atoms with Gasteiger partial charge in [0.15, 0.2) is 0 Å². The van der Waals surface area contributed by atoms with Crippen LogP contribution in [0.2, 0.25) is 0 Å². The Balaban J connectivity index is 1.53. The Kier molecular flexibility index (Phi) is 9.07. The molecule has 3 aliphatic rings. The number of hydrogen-bond acceptors (Lipinski definition) is 7. The Hall–Kier alpha value is -3.24. The minimum Gasteiger partial charge on any atom is -0.416 e. The van der Waals surface area contributed by atoms with E-state index in [0.29, 0.717) is 31.6 Å². The molecule has 1 fully saturated rings. The molecule has 0 aliphatic carbocycles. The molecule has 0 radical (unpaired) electrons. The number of alkyl carbamates (subject to hydrolysis) is 1. The van der Waals surface area contributed by atoms with Crippen molar-refractivity contribution < 1.29 is 33.4 Å². The van der Waals surface area contributed by atoms with Gasteiger partial charge in [-0.2, -0.15) is 0 Å². The summed E-state index contributed by atoms with van der Waals surface area (Å²) in [6.07, 6.45) is 2.62. The molecule has 39 heavy (non-hydrogen) atoms. The Morgan fingerprint density at radius 3 is 2.62 bits per heavy atom. The van der Waals surface area contributed by atoms with Crippen LogP contribution in [0.4, 0.5) is 4.79 Å². The summed E-state index contributed by atoms with van der Waals surface area (Å²) in [4.78, 5) is 54.3. The van der Waals surface area contributed by atoms with Crippen LogP contribution in [0, 0.1) is 0 Å². The summed E-state index contributed by atoms with van der Waals surface area (Å²) >= 11 is 0. The number of nitrogens with zero attached hydrogens (tertiary/aromatic N) is 2. The maximum Gasteiger partial charge on any atom is 0.412 e. The van der Waals surface area contributed by atoms with Crippen molar-refractivity contribution in [2.45, 2.75) is 89.8 Å². The van der Waals surface area contributed by atoms with E-state index in [-0.39, 0.29) is 32.1 Å². The Morgan fingerprint density at radius 1 is 1.13 bits per heavy atom. The van der Waals surface area contributed by atoms with Crippen LogP contribution < -0.4 is 5.32 Å². The van der Waals surface area contributed by atoms with E-state index in [9.17, 15) is 19.2 Å². The van der Waals surface area contributed by atoms with Crippen LogP contribution in [0.15, 0.2) is 30.5 Å². The predicted octanol–water partition coefficient (Wildman–Crippen LogP) is 2.86. The van der Waals surface area contributed by atoms with E-state index in [1.165, 1.54) is 16.0 Å². The maximum absolute atomic E-state index is 13.5. The third kappa shape index (κ3) is 7.45. The number of carbonyl (C=O) groups excluding carboxylic acids is 4. The Labute approximate surface area is 229 Å². The molecule has 1 aromatic carbocycles. The van der Waals surface area contributed by atoms with Gasteiger partial charge in [-0.15, -0.1) is 0 Å². The molecule has 0 spiro atoms. The van der Waals surface area contributed by atoms with Gasteiger partial charge in [0.05, 0.1) is 24.4 Å². The Bertz CT molecular complexity index is 1110. The topological polar surface area (TPSA) is 114 Å². The largest absolute Gasteiger partial charge is 0.416 e. The molecule has 3 aliphatic heterocycles. The average molecular weight is 542 g/mol. The van der Waals surface area contributed by atoms with Crippen molar-refractivity contribution in [1.29, 1.82) is 0 Å². The van der Waals surface area contributed by atoms with Crippen LogP contribution in [0.25, 0.3) is 0 Å². The number of ether oxygens (including phenoxy) is 3. The molecule has 10 heteroatoms. The van der Waals surface area contributed by atoms with Crippen molar-refractivity contribution in [3.8, 4) is 0 Å². The molecule has 1 N–H and O–H groups in total. The van der Waals surface area contributed by atoms with Crippen LogP contribution in [-0.4, -0.2) is 77.5 Å². The number of aldehydes is 1. The number of allylic oxidation sites excluding steroid dienone is 1. The summed E-state index contributed by atoms with van der Waals surface area (Å²) < 4.78 is 17.1. The lowest BCUT2D eigenvalue weighted by atomic mass is 9.98. The lowest BCUT2D eigenvalue weighted by Gasteiger charge is -2.29. The highest BCUT2D eigenvalue weighted by atomic mass is 16.6. The van der Waals surface area contributed by atoms with Crippen molar-refractivity contribution in [2.75, 3.05) is 19.8 Å². The lowest BCUT2D eigenvalue weighted by Crippen LogP contribution is -2.53. The number of nitrogens with one attached hydrogen (secondary N) is 1. The fourth-order valence-electron chi connectivity index (χ4n) is 5.21. The zero-order chi connectivity index (χ0) is 28.2. The van der Waals surface area contributed by atoms with Gasteiger partial charge >= 0.3 is 6.09 Å². The van der Waals surface area contributed by atoms with E-state index in [2.05, 4.69) is 18.0 Å². The third-order valence-corrected chi connectivity index (χ3v) is 7.28. The number of cyclic esters (lactones) is 1. The van der Waals surface area contributed by atoms with Gasteiger partial charge < -0.3 is 34.1 Å². The number of benzene rings is 1. The molecule has 3 atom stereocenters. The van der Waals surface area contributed by atoms with E-state index in [0.717, 1.165) is 24.8 Å². The van der Waals surface area contributed by atoms with Crippen LogP contribution in [0.5, 0.6) is 0 Å². The van der Waals surface area contributed by atoms with E-state index < -0.39 is 35.8 Å². The van der Waals surface area contributed by atoms with E-state index >= 15 is 0 Å². The molecule has 0 saturated carbocycles. The van der Waals surface area contributed by atoms with Gasteiger partial charge in [-0.3, -0.25) is 9.59 Å². The van der Waals surface area contributed by atoms with Gasteiger partial charge in [-0.25, -0.2) is 4.79 Å². The minimum absolute atomic E-state index is 0.105. The van der Waals surface area contributed by atoms with E-state index in [4.69, 9.17) is 14.2 Å². The van der Waals surface area contributed by atoms with Crippen LogP contribution in [-0.2, 0) is 48.1 Å². The summed E-state index contributed by atoms with van der Waals surface area (Å²) in [6, 6.07) is 4.34. The van der Waals surface area contributed by atoms with E-state index in [1.54, 1.807) is 4.90 Å². The first-order valence-corrected chi connectivity index (χ1v) is 13.6. The summed E-state index contributed by atoms with van der Waals surface area (Å²) in [5.41, 5.74) is 2.96. The second-order valence-electron chi connectivity index (χ2n) is 11.4. The third-order valence-electron chi connectivity index (χ3n) is 7.28. The molecule has 10 nitrogen and oxygen atoms in total. The number of aryl methyl sites for hydroxylation is 1. The molecule has 3 amide bonds. The first-order chi connectivity index (χ1) is 18.5. The monoisotopic (exact) mass is 541 g/mol. The second-order valence-corrected chi connectivity index (χ2v) is 11.4. The SMILES string of the molecule is C=C1CCCCc2cccc3c2CN(C3)C(=O)CO[C@@H]2C[C@@H](C=O)N(C2)C(=O)[C@H](COC(C)(C)C)NC(=O)O1. The fourth-order valence-corrected chi connectivity index (χ4v) is 5.21. The second kappa shape index (κ2) is 12.3. The average Bonchev–Trinajstić information content (AvgIpc) is 3.51. The summed E-state index contributed by atoms with van der Waals surface area (Å²) in [7, 11) is 0. The summed E-state index contributed by atoms with van der Waals surface area (Å²) in [5, 5.41) is 2.60. The van der Waals surface area contributed by atoms with Crippen molar-refractivity contribution >= 4 is 24.2 Å². The lowest BCUT2D eigenvalue weighted by molar-refractivity contribution is -0.140. The predicted molar refractivity (Wildman–Crippen MR) is 142 cm³/mol. The summed E-state index contributed by atoms with van der Waals surface area (Å²) in [6.45, 7) is 10.3. The van der Waals surface area contributed by atoms with Gasteiger partial charge in [-0.1, -0.05) is 24.8 Å². The van der Waals surface area contributed by atoms with Gasteiger partial charge in [0.1, 0.15) is 24.7 Å². The van der Waals surface area contributed by atoms with Crippen LogP contribution in [0.3, 0.4) is 0 Å². The van der Waals surface area contributed by atoms with Crippen molar-refractivity contribution in [2.24, 2.45) is 0 Å². The highest BCUT2D eigenvalue weighted by Crippen LogP contribution is 2.28. The number of hydrogen-bond donors (Lipinski definition) is 1. The van der Waals surface area contributed by atoms with Crippen LogP contribution in [0.1, 0.15) is 63.1 Å². The number of amides is 3. The van der Waals surface area contributed by atoms with Crippen molar-refractivity contribution in [3.05, 3.63) is 47.2 Å². The normalized spacial score (nSPS) is 25.4. The van der Waals surface area contributed by atoms with Crippen molar-refractivity contribution in [3.63, 3.8) is 0 Å². The van der Waals surface area contributed by atoms with Gasteiger partial charge in [0.25, 0.3) is 0 Å². The van der Waals surface area contributed by atoms with Gasteiger partial charge in [-0.05, 0) is 56.7 Å². The smallest absolute Gasteiger partial charge is 0.412 e. The van der Waals surface area contributed by atoms with Gasteiger partial charge in [0.2, 0.25) is 11.8 Å². The molecule has 1 aromatic rings. The number of fused-ring (bicyclic) bond motifs is 3. The zero-order valence-corrected chi connectivity index (χ0v) is 23.1. The standard InChI is InChI=1S/C29H39N3O7/c1-19-8-5-6-9-20-10-7-11-21-13-31(15-24(20)21)26(34)18-37-23-12-22(16-33)32(14-23)27(35)25(30-28(36)39-19)17-38-29(2,3)4/h7,10-11,16,22-23,25H,1,5-6,8-9,12-15,17-18H2,2-4H3,(H,30,36)/t22-,23+,25-/m0/s1. The quantitative estimate of drug-likeness (QED) is 0.586. The molecule has 3 heterocycles. The summed E-state index contributed by atoms with van der Waals surface area (Å²) in [5.74, 6) is -0.301. The maximum atomic E-state index is 13.5. The van der Waals surface area contributed by atoms with Crippen molar-refractivity contribution in [1.82, 2.24) is 15.1 Å². The number of rotatable bonds is 3. The van der Waals surface area contributed by atoms with Gasteiger partial charge in [0, 0.05) is 32.5 Å². The first-order valence-electron chi connectivity index (χ1n) is 13.6. The highest BCUT2D eigenvalue weighted by Gasteiger charge is 2.40. The molecule has 1 saturated heterocycles. The molecule has 212 valence electrons. The number of carbonyl (C=O) groups is 4. The Morgan fingerprint density at radius 2 is 1.87 bits per heavy atom. The van der Waals surface area contributed by atoms with E-state index in [1.807, 2.05) is 32.9 Å².